The van der Waals surface area contributed by atoms with Gasteiger partial charge in [-0.05, 0) is 57.2 Å². The fraction of sp³-hybridized carbons (Fsp3) is 0.286. The minimum absolute atomic E-state index is 0.0237. The van der Waals surface area contributed by atoms with Crippen LogP contribution in [0.25, 0.3) is 0 Å². The smallest absolute Gasteiger partial charge is 0.335 e. The van der Waals surface area contributed by atoms with Gasteiger partial charge in [-0.25, -0.2) is 4.79 Å². The summed E-state index contributed by atoms with van der Waals surface area (Å²) in [6.07, 6.45) is 0. The van der Waals surface area contributed by atoms with Crippen LogP contribution in [0.1, 0.15) is 31.1 Å². The first-order valence-corrected chi connectivity index (χ1v) is 9.47. The van der Waals surface area contributed by atoms with Crippen molar-refractivity contribution in [3.05, 3.63) is 47.0 Å². The van der Waals surface area contributed by atoms with Gasteiger partial charge in [0, 0.05) is 5.69 Å². The molecule has 1 atom stereocenters. The summed E-state index contributed by atoms with van der Waals surface area (Å²) < 4.78 is 10.8. The summed E-state index contributed by atoms with van der Waals surface area (Å²) in [5, 5.41) is 12.3. The maximum absolute atomic E-state index is 13.1. The SMILES string of the molecule is COc1ccc(NC(=O)C(C)N2C(=O)C(C)(C)Oc3ccc(C(=O)O)cc32)cc1Cl. The number of amides is 2. The van der Waals surface area contributed by atoms with Gasteiger partial charge in [-0.3, -0.25) is 14.5 Å². The van der Waals surface area contributed by atoms with E-state index in [1.54, 1.807) is 32.9 Å². The van der Waals surface area contributed by atoms with Crippen LogP contribution in [-0.4, -0.2) is 41.6 Å². The number of carboxylic acid groups (broad SMARTS) is 1. The number of hydrogen-bond acceptors (Lipinski definition) is 5. The Morgan fingerprint density at radius 2 is 1.93 bits per heavy atom. The van der Waals surface area contributed by atoms with Gasteiger partial charge in [-0.2, -0.15) is 0 Å². The molecule has 158 valence electrons. The van der Waals surface area contributed by atoms with Gasteiger partial charge in [0.15, 0.2) is 5.60 Å². The number of carboxylic acids is 1. The minimum atomic E-state index is -1.23. The van der Waals surface area contributed by atoms with Gasteiger partial charge in [-0.1, -0.05) is 11.6 Å². The summed E-state index contributed by atoms with van der Waals surface area (Å²) in [6, 6.07) is 8.00. The van der Waals surface area contributed by atoms with Gasteiger partial charge < -0.3 is 19.9 Å². The molecule has 2 amide bonds. The lowest BCUT2D eigenvalue weighted by molar-refractivity contribution is -0.134. The summed E-state index contributed by atoms with van der Waals surface area (Å²) in [5.41, 5.74) is -0.605. The molecular weight excluding hydrogens is 412 g/mol. The van der Waals surface area contributed by atoms with Gasteiger partial charge in [0.25, 0.3) is 5.91 Å². The number of nitrogens with zero attached hydrogens (tertiary/aromatic N) is 1. The maximum atomic E-state index is 13.1. The number of nitrogens with one attached hydrogen (secondary N) is 1. The molecule has 0 aromatic heterocycles. The summed E-state index contributed by atoms with van der Waals surface area (Å²) in [7, 11) is 1.48. The second-order valence-electron chi connectivity index (χ2n) is 7.29. The molecule has 2 aromatic rings. The molecule has 1 aliphatic rings. The molecule has 1 heterocycles. The molecular formula is C21H21ClN2O6. The zero-order valence-electron chi connectivity index (χ0n) is 16.9. The quantitative estimate of drug-likeness (QED) is 0.748. The van der Waals surface area contributed by atoms with E-state index in [4.69, 9.17) is 21.1 Å². The van der Waals surface area contributed by atoms with E-state index in [0.717, 1.165) is 0 Å². The molecule has 1 aliphatic heterocycles. The first-order chi connectivity index (χ1) is 14.0. The average Bonchev–Trinajstić information content (AvgIpc) is 2.68. The predicted molar refractivity (Wildman–Crippen MR) is 112 cm³/mol. The van der Waals surface area contributed by atoms with Crippen molar-refractivity contribution in [1.82, 2.24) is 0 Å². The van der Waals surface area contributed by atoms with E-state index in [1.165, 1.54) is 36.3 Å². The Bertz CT molecular complexity index is 1040. The Labute approximate surface area is 178 Å². The molecule has 2 N–H and O–H groups in total. The predicted octanol–water partition coefficient (Wildman–Crippen LogP) is 3.58. The number of rotatable bonds is 5. The van der Waals surface area contributed by atoms with Crippen molar-refractivity contribution >= 4 is 40.8 Å². The Balaban J connectivity index is 1.95. The van der Waals surface area contributed by atoms with E-state index in [9.17, 15) is 19.5 Å². The van der Waals surface area contributed by atoms with Crippen molar-refractivity contribution in [2.24, 2.45) is 0 Å². The zero-order valence-corrected chi connectivity index (χ0v) is 17.6. The van der Waals surface area contributed by atoms with Gasteiger partial charge in [0.05, 0.1) is 23.4 Å². The van der Waals surface area contributed by atoms with Crippen LogP contribution < -0.4 is 19.7 Å². The van der Waals surface area contributed by atoms with E-state index in [2.05, 4.69) is 5.32 Å². The van der Waals surface area contributed by atoms with Crippen LogP contribution >= 0.6 is 11.6 Å². The summed E-state index contributed by atoms with van der Waals surface area (Å²) in [5.74, 6) is -1.32. The molecule has 1 unspecified atom stereocenters. The zero-order chi connectivity index (χ0) is 22.2. The molecule has 2 aromatic carbocycles. The van der Waals surface area contributed by atoms with Crippen LogP contribution in [0.5, 0.6) is 11.5 Å². The van der Waals surface area contributed by atoms with Crippen molar-refractivity contribution in [3.63, 3.8) is 0 Å². The number of halogens is 1. The highest BCUT2D eigenvalue weighted by atomic mass is 35.5. The lowest BCUT2D eigenvalue weighted by Gasteiger charge is -2.41. The molecule has 9 heteroatoms. The van der Waals surface area contributed by atoms with Crippen molar-refractivity contribution in [3.8, 4) is 11.5 Å². The molecule has 0 bridgehead atoms. The molecule has 0 spiro atoms. The van der Waals surface area contributed by atoms with Crippen LogP contribution in [0, 0.1) is 0 Å². The van der Waals surface area contributed by atoms with E-state index in [1.807, 2.05) is 0 Å². The highest BCUT2D eigenvalue weighted by molar-refractivity contribution is 6.32. The number of aromatic carboxylic acids is 1. The normalized spacial score (nSPS) is 15.6. The Hall–Kier alpha value is -3.26. The number of benzene rings is 2. The molecule has 0 saturated carbocycles. The highest BCUT2D eigenvalue weighted by Gasteiger charge is 2.44. The van der Waals surface area contributed by atoms with Gasteiger partial charge in [-0.15, -0.1) is 0 Å². The van der Waals surface area contributed by atoms with Crippen molar-refractivity contribution in [2.45, 2.75) is 32.4 Å². The van der Waals surface area contributed by atoms with Crippen LogP contribution in [0.3, 0.4) is 0 Å². The fourth-order valence-electron chi connectivity index (χ4n) is 3.14. The molecule has 0 radical (unpaired) electrons. The molecule has 3 rings (SSSR count). The highest BCUT2D eigenvalue weighted by Crippen LogP contribution is 2.40. The van der Waals surface area contributed by atoms with Gasteiger partial charge in [0.2, 0.25) is 5.91 Å². The van der Waals surface area contributed by atoms with E-state index < -0.39 is 29.4 Å². The Morgan fingerprint density at radius 1 is 1.23 bits per heavy atom. The van der Waals surface area contributed by atoms with Gasteiger partial charge >= 0.3 is 5.97 Å². The first-order valence-electron chi connectivity index (χ1n) is 9.09. The molecule has 30 heavy (non-hydrogen) atoms. The first kappa shape index (κ1) is 21.4. The lowest BCUT2D eigenvalue weighted by Crippen LogP contribution is -2.58. The van der Waals surface area contributed by atoms with Crippen LogP contribution in [0.15, 0.2) is 36.4 Å². The van der Waals surface area contributed by atoms with Crippen molar-refractivity contribution in [2.75, 3.05) is 17.3 Å². The maximum Gasteiger partial charge on any atom is 0.335 e. The Morgan fingerprint density at radius 3 is 2.53 bits per heavy atom. The number of carbonyl (C=O) groups is 3. The third-order valence-corrected chi connectivity index (χ3v) is 5.05. The standard InChI is InChI=1S/C21H21ClN2O6/c1-11(18(25)23-13-6-8-16(29-4)14(22)10-13)24-15-9-12(19(26)27)5-7-17(15)30-21(2,3)20(24)28/h5-11H,1-4H3,(H,23,25)(H,26,27). The third kappa shape index (κ3) is 3.91. The van der Waals surface area contributed by atoms with E-state index in [0.29, 0.717) is 22.2 Å². The topological polar surface area (TPSA) is 105 Å². The number of ether oxygens (including phenoxy) is 2. The number of anilines is 2. The van der Waals surface area contributed by atoms with Crippen LogP contribution in [0.2, 0.25) is 5.02 Å². The summed E-state index contributed by atoms with van der Waals surface area (Å²) in [4.78, 5) is 38.6. The fourth-order valence-corrected chi connectivity index (χ4v) is 3.39. The van der Waals surface area contributed by atoms with E-state index >= 15 is 0 Å². The molecule has 8 nitrogen and oxygen atoms in total. The lowest BCUT2D eigenvalue weighted by atomic mass is 10.0. The van der Waals surface area contributed by atoms with Crippen molar-refractivity contribution in [1.29, 1.82) is 0 Å². The monoisotopic (exact) mass is 432 g/mol. The number of hydrogen-bond donors (Lipinski definition) is 2. The second-order valence-corrected chi connectivity index (χ2v) is 7.70. The second kappa shape index (κ2) is 7.87. The number of methoxy groups -OCH3 is 1. The van der Waals surface area contributed by atoms with E-state index in [-0.39, 0.29) is 11.3 Å². The van der Waals surface area contributed by atoms with Gasteiger partial charge in [0.1, 0.15) is 17.5 Å². The Kier molecular flexibility index (Phi) is 5.63. The summed E-state index contributed by atoms with van der Waals surface area (Å²) in [6.45, 7) is 4.73. The molecule has 0 fully saturated rings. The third-order valence-electron chi connectivity index (χ3n) is 4.75. The largest absolute Gasteiger partial charge is 0.495 e. The van der Waals surface area contributed by atoms with Crippen molar-refractivity contribution < 1.29 is 29.0 Å². The molecule has 0 aliphatic carbocycles. The van der Waals surface area contributed by atoms with Crippen LogP contribution in [0.4, 0.5) is 11.4 Å². The van der Waals surface area contributed by atoms with Crippen LogP contribution in [-0.2, 0) is 9.59 Å². The minimum Gasteiger partial charge on any atom is -0.495 e. The molecule has 0 saturated heterocycles. The number of fused-ring (bicyclic) bond motifs is 1. The summed E-state index contributed by atoms with van der Waals surface area (Å²) >= 11 is 6.10. The number of carbonyl (C=O) groups excluding carboxylic acids is 2. The average molecular weight is 433 g/mol.